The van der Waals surface area contributed by atoms with Crippen LogP contribution in [0.15, 0.2) is 53.9 Å². The molecule has 1 aliphatic heterocycles. The van der Waals surface area contributed by atoms with Gasteiger partial charge in [-0.25, -0.2) is 17.7 Å². The van der Waals surface area contributed by atoms with Gasteiger partial charge in [0.05, 0.1) is 11.5 Å². The smallest absolute Gasteiger partial charge is 0.428 e. The van der Waals surface area contributed by atoms with Crippen molar-refractivity contribution in [1.29, 1.82) is 0 Å². The van der Waals surface area contributed by atoms with E-state index in [-0.39, 0.29) is 17.6 Å². The summed E-state index contributed by atoms with van der Waals surface area (Å²) in [4.78, 5) is 7.53. The van der Waals surface area contributed by atoms with Gasteiger partial charge in [-0.05, 0) is 43.2 Å². The molecule has 1 aliphatic carbocycles. The third kappa shape index (κ3) is 4.42. The lowest BCUT2D eigenvalue weighted by molar-refractivity contribution is 0.338. The minimum Gasteiger partial charge on any atom is -0.428 e. The lowest BCUT2D eigenvalue weighted by Gasteiger charge is -2.32. The molecular weight excluding hydrogens is 437 g/mol. The van der Waals surface area contributed by atoms with E-state index in [0.717, 1.165) is 59.0 Å². The van der Waals surface area contributed by atoms with Crippen LogP contribution in [-0.4, -0.2) is 53.3 Å². The number of nitrogens with zero attached hydrogens (tertiary/aromatic N) is 3. The Morgan fingerprint density at radius 3 is 2.67 bits per heavy atom. The molecule has 1 saturated carbocycles. The number of benzene rings is 1. The van der Waals surface area contributed by atoms with Gasteiger partial charge in [-0.3, -0.25) is 0 Å². The van der Waals surface area contributed by atoms with Crippen LogP contribution in [0.1, 0.15) is 36.8 Å². The highest BCUT2D eigenvalue weighted by atomic mass is 32.2. The molecule has 0 radical (unpaired) electrons. The van der Waals surface area contributed by atoms with Gasteiger partial charge < -0.3 is 15.3 Å². The predicted octanol–water partition coefficient (Wildman–Crippen LogP) is 1.83. The number of sulfonamides is 1. The van der Waals surface area contributed by atoms with Gasteiger partial charge in [0.1, 0.15) is 5.65 Å². The highest BCUT2D eigenvalue weighted by Crippen LogP contribution is 2.34. The molecule has 10 heteroatoms. The van der Waals surface area contributed by atoms with Crippen LogP contribution in [0.25, 0.3) is 11.0 Å². The zero-order valence-corrected chi connectivity index (χ0v) is 19.4. The molecule has 1 fully saturated rings. The Kier molecular flexibility index (Phi) is 5.98. The largest absolute Gasteiger partial charge is 0.465 e. The first-order valence-corrected chi connectivity index (χ1v) is 13.0. The van der Waals surface area contributed by atoms with Crippen LogP contribution in [0, 0.1) is 11.8 Å². The fourth-order valence-corrected chi connectivity index (χ4v) is 6.56. The molecule has 3 heterocycles. The number of aromatic nitrogens is 2. The van der Waals surface area contributed by atoms with E-state index in [0.29, 0.717) is 6.54 Å². The van der Waals surface area contributed by atoms with E-state index in [9.17, 15) is 13.4 Å². The highest BCUT2D eigenvalue weighted by Gasteiger charge is 2.35. The van der Waals surface area contributed by atoms with Crippen LogP contribution in [0.2, 0.25) is 0 Å². The first-order chi connectivity index (χ1) is 15.9. The second-order valence-corrected chi connectivity index (χ2v) is 11.2. The molecule has 0 bridgehead atoms. The van der Waals surface area contributed by atoms with Gasteiger partial charge in [-0.15, -0.1) is 0 Å². The average Bonchev–Trinajstić information content (AvgIpc) is 3.30. The molecule has 33 heavy (non-hydrogen) atoms. The number of hydrogen-bond acceptors (Lipinski definition) is 6. The van der Waals surface area contributed by atoms with Crippen molar-refractivity contribution in [3.63, 3.8) is 0 Å². The van der Waals surface area contributed by atoms with Gasteiger partial charge >= 0.3 is 7.05 Å². The minimum absolute atomic E-state index is 0.136. The van der Waals surface area contributed by atoms with Gasteiger partial charge in [-0.2, -0.15) is 5.10 Å². The van der Waals surface area contributed by atoms with Crippen LogP contribution in [-0.2, 0) is 16.6 Å². The van der Waals surface area contributed by atoms with Crippen molar-refractivity contribution in [2.24, 2.45) is 16.9 Å². The zero-order chi connectivity index (χ0) is 23.0. The molecule has 0 amide bonds. The summed E-state index contributed by atoms with van der Waals surface area (Å²) in [7, 11) is -2.55. The standard InChI is InChI=1S/C23H28BN5O3S/c1-29(14-16-5-3-2-4-6-16)33(31,32)15-17-7-9-18(10-8-17)22-21-19-11-12-25-23(19)26-13-20(21)24(30)28-27-22/h2-6,11-13,17-18,28,30H,7-10,14-15H2,1H3,(H,25,26). The molecule has 0 unspecified atom stereocenters. The molecule has 0 spiro atoms. The number of pyridine rings is 1. The van der Waals surface area contributed by atoms with Crippen molar-refractivity contribution in [3.8, 4) is 0 Å². The fourth-order valence-electron chi connectivity index (χ4n) is 5.03. The van der Waals surface area contributed by atoms with E-state index in [1.807, 2.05) is 42.6 Å². The fraction of sp³-hybridized carbons (Fsp3) is 0.391. The van der Waals surface area contributed by atoms with Crippen LogP contribution < -0.4 is 10.8 Å². The normalized spacial score (nSPS) is 21.1. The molecule has 5 rings (SSSR count). The monoisotopic (exact) mass is 465 g/mol. The Labute approximate surface area is 194 Å². The summed E-state index contributed by atoms with van der Waals surface area (Å²) in [6, 6.07) is 11.6. The van der Waals surface area contributed by atoms with Gasteiger partial charge in [0, 0.05) is 48.3 Å². The summed E-state index contributed by atoms with van der Waals surface area (Å²) in [6.07, 6.45) is 6.95. The van der Waals surface area contributed by atoms with E-state index in [1.165, 1.54) is 4.31 Å². The van der Waals surface area contributed by atoms with E-state index in [1.54, 1.807) is 13.2 Å². The third-order valence-electron chi connectivity index (χ3n) is 6.88. The number of hydrazone groups is 1. The van der Waals surface area contributed by atoms with E-state index in [4.69, 9.17) is 0 Å². The Bertz CT molecular complexity index is 1270. The van der Waals surface area contributed by atoms with E-state index >= 15 is 0 Å². The number of nitrogens with one attached hydrogen (secondary N) is 2. The first-order valence-electron chi connectivity index (χ1n) is 11.4. The Morgan fingerprint density at radius 1 is 1.15 bits per heavy atom. The van der Waals surface area contributed by atoms with Crippen molar-refractivity contribution < 1.29 is 13.4 Å². The Hall–Kier alpha value is -2.69. The summed E-state index contributed by atoms with van der Waals surface area (Å²) >= 11 is 0. The molecule has 172 valence electrons. The van der Waals surface area contributed by atoms with Crippen molar-refractivity contribution in [2.45, 2.75) is 32.2 Å². The molecule has 8 nitrogen and oxygen atoms in total. The van der Waals surface area contributed by atoms with E-state index in [2.05, 4.69) is 20.4 Å². The average molecular weight is 465 g/mol. The molecular formula is C23H28BN5O3S. The van der Waals surface area contributed by atoms with Gasteiger partial charge in [0.2, 0.25) is 10.0 Å². The summed E-state index contributed by atoms with van der Waals surface area (Å²) in [6.45, 7) is 0.390. The van der Waals surface area contributed by atoms with Crippen LogP contribution in [0.3, 0.4) is 0 Å². The maximum Gasteiger partial charge on any atom is 0.465 e. The molecule has 3 N–H and O–H groups in total. The Balaban J connectivity index is 1.26. The third-order valence-corrected chi connectivity index (χ3v) is 8.85. The number of hydrogen-bond donors (Lipinski definition) is 3. The molecule has 2 aromatic heterocycles. The zero-order valence-electron chi connectivity index (χ0n) is 18.6. The second kappa shape index (κ2) is 8.93. The molecule has 3 aromatic rings. The minimum atomic E-state index is -3.33. The molecule has 1 aromatic carbocycles. The van der Waals surface area contributed by atoms with Crippen LogP contribution in [0.4, 0.5) is 0 Å². The van der Waals surface area contributed by atoms with Crippen LogP contribution in [0.5, 0.6) is 0 Å². The van der Waals surface area contributed by atoms with Crippen molar-refractivity contribution in [1.82, 2.24) is 19.6 Å². The molecule has 0 saturated heterocycles. The lowest BCUT2D eigenvalue weighted by atomic mass is 9.68. The summed E-state index contributed by atoms with van der Waals surface area (Å²) in [5, 5.41) is 18.7. The topological polar surface area (TPSA) is 111 Å². The highest BCUT2D eigenvalue weighted by molar-refractivity contribution is 7.89. The summed E-state index contributed by atoms with van der Waals surface area (Å²) in [5.74, 6) is 0.524. The maximum atomic E-state index is 13.0. The van der Waals surface area contributed by atoms with Gasteiger partial charge in [0.25, 0.3) is 0 Å². The molecule has 0 atom stereocenters. The van der Waals surface area contributed by atoms with E-state index < -0.39 is 17.1 Å². The summed E-state index contributed by atoms with van der Waals surface area (Å²) < 4.78 is 27.4. The van der Waals surface area contributed by atoms with Crippen molar-refractivity contribution >= 4 is 39.3 Å². The Morgan fingerprint density at radius 2 is 1.91 bits per heavy atom. The van der Waals surface area contributed by atoms with Gasteiger partial charge in [0.15, 0.2) is 0 Å². The number of H-pyrrole nitrogens is 1. The SMILES string of the molecule is CN(Cc1ccccc1)S(=O)(=O)CC1CCC(C2=NNB(O)c3cnc4[nH]ccc4c32)CC1. The number of fused-ring (bicyclic) bond motifs is 3. The number of rotatable bonds is 6. The quantitative estimate of drug-likeness (QED) is 0.481. The lowest BCUT2D eigenvalue weighted by Crippen LogP contribution is -2.50. The summed E-state index contributed by atoms with van der Waals surface area (Å²) in [5.41, 5.74) is 4.38. The second-order valence-electron chi connectivity index (χ2n) is 9.10. The maximum absolute atomic E-state index is 13.0. The van der Waals surface area contributed by atoms with Crippen LogP contribution >= 0.6 is 0 Å². The van der Waals surface area contributed by atoms with Crippen molar-refractivity contribution in [3.05, 3.63) is 59.9 Å². The number of aromatic amines is 1. The van der Waals surface area contributed by atoms with Gasteiger partial charge in [-0.1, -0.05) is 30.3 Å². The first kappa shape index (κ1) is 22.1. The molecule has 2 aliphatic rings. The van der Waals surface area contributed by atoms with Crippen molar-refractivity contribution in [2.75, 3.05) is 12.8 Å². The predicted molar refractivity (Wildman–Crippen MR) is 131 cm³/mol.